The third kappa shape index (κ3) is 8.10. The molecule has 0 bridgehead atoms. The molecule has 1 aliphatic rings. The third-order valence-electron chi connectivity index (χ3n) is 0.744. The van der Waals surface area contributed by atoms with Crippen molar-refractivity contribution in [1.82, 2.24) is 0 Å². The number of hydrogen-bond acceptors (Lipinski definition) is 3. The number of rotatable bonds is 0. The van der Waals surface area contributed by atoms with E-state index >= 15 is 0 Å². The summed E-state index contributed by atoms with van der Waals surface area (Å²) in [6.07, 6.45) is 0. The highest BCUT2D eigenvalue weighted by atomic mass is 28.2. The summed E-state index contributed by atoms with van der Waals surface area (Å²) in [7, 11) is 2.56. The van der Waals surface area contributed by atoms with Crippen molar-refractivity contribution in [2.75, 3.05) is 33.5 Å². The molecular formula is C5H14O3Si. The van der Waals surface area contributed by atoms with Gasteiger partial charge in [-0.05, 0) is 0 Å². The molecule has 1 rings (SSSR count). The van der Waals surface area contributed by atoms with Gasteiger partial charge in [0.25, 0.3) is 0 Å². The van der Waals surface area contributed by atoms with Gasteiger partial charge >= 0.3 is 0 Å². The normalized spacial score (nSPS) is 18.3. The highest BCUT2D eigenvalue weighted by Gasteiger charge is 1.94. The molecule has 0 N–H and O–H groups in total. The van der Waals surface area contributed by atoms with E-state index in [2.05, 4.69) is 4.43 Å². The number of hydrogen-bond donors (Lipinski definition) is 0. The third-order valence-corrected chi connectivity index (χ3v) is 0.744. The number of ether oxygens (including phenoxy) is 2. The maximum atomic E-state index is 4.94. The lowest BCUT2D eigenvalue weighted by molar-refractivity contribution is -0.0334. The Morgan fingerprint density at radius 3 is 1.44 bits per heavy atom. The Balaban J connectivity index is 0.000000187. The van der Waals surface area contributed by atoms with Gasteiger partial charge in [0.05, 0.1) is 26.4 Å². The SMILES string of the molecule is C1COCCO1.CO[SiH3]. The van der Waals surface area contributed by atoms with Crippen LogP contribution in [0.25, 0.3) is 0 Å². The van der Waals surface area contributed by atoms with Gasteiger partial charge in [-0.3, -0.25) is 0 Å². The molecule has 0 aromatic heterocycles. The molecule has 0 spiro atoms. The minimum atomic E-state index is 0.778. The summed E-state index contributed by atoms with van der Waals surface area (Å²) < 4.78 is 14.3. The lowest BCUT2D eigenvalue weighted by atomic mass is 10.6. The molecule has 3 nitrogen and oxygen atoms in total. The first-order chi connectivity index (χ1) is 4.41. The quantitative estimate of drug-likeness (QED) is 0.412. The second-order valence-electron chi connectivity index (χ2n) is 1.63. The predicted molar refractivity (Wildman–Crippen MR) is 38.6 cm³/mol. The van der Waals surface area contributed by atoms with Gasteiger partial charge in [0, 0.05) is 7.11 Å². The average molecular weight is 150 g/mol. The molecule has 0 aliphatic carbocycles. The van der Waals surface area contributed by atoms with E-state index in [0.717, 1.165) is 36.9 Å². The van der Waals surface area contributed by atoms with Crippen molar-refractivity contribution >= 4 is 10.5 Å². The second kappa shape index (κ2) is 8.10. The van der Waals surface area contributed by atoms with Crippen molar-refractivity contribution in [3.63, 3.8) is 0 Å². The zero-order valence-corrected chi connectivity index (χ0v) is 8.05. The highest BCUT2D eigenvalue weighted by molar-refractivity contribution is 5.97. The van der Waals surface area contributed by atoms with Crippen LogP contribution in [-0.4, -0.2) is 44.0 Å². The zero-order chi connectivity index (χ0) is 6.95. The van der Waals surface area contributed by atoms with Crippen LogP contribution in [0.15, 0.2) is 0 Å². The van der Waals surface area contributed by atoms with Crippen LogP contribution in [0.3, 0.4) is 0 Å². The highest BCUT2D eigenvalue weighted by Crippen LogP contribution is 1.85. The standard InChI is InChI=1S/C4H8O2.CH6OSi/c1-2-6-4-3-5-1;1-2-3/h1-4H2;1,3H3. The van der Waals surface area contributed by atoms with Crippen LogP contribution in [-0.2, 0) is 13.9 Å². The van der Waals surface area contributed by atoms with Crippen LogP contribution in [0.4, 0.5) is 0 Å². The fourth-order valence-electron chi connectivity index (χ4n) is 0.440. The van der Waals surface area contributed by atoms with Gasteiger partial charge in [0.1, 0.15) is 10.5 Å². The second-order valence-corrected chi connectivity index (χ2v) is 2.45. The van der Waals surface area contributed by atoms with Gasteiger partial charge in [-0.1, -0.05) is 0 Å². The lowest BCUT2D eigenvalue weighted by Gasteiger charge is -2.09. The van der Waals surface area contributed by atoms with Crippen molar-refractivity contribution < 1.29 is 13.9 Å². The van der Waals surface area contributed by atoms with Crippen LogP contribution in [0.5, 0.6) is 0 Å². The summed E-state index contributed by atoms with van der Waals surface area (Å²) in [5.74, 6) is 0. The minimum Gasteiger partial charge on any atom is -0.431 e. The molecule has 0 amide bonds. The monoisotopic (exact) mass is 150 g/mol. The van der Waals surface area contributed by atoms with Crippen LogP contribution >= 0.6 is 0 Å². The van der Waals surface area contributed by atoms with Gasteiger partial charge in [-0.15, -0.1) is 0 Å². The summed E-state index contributed by atoms with van der Waals surface area (Å²) in [5, 5.41) is 0. The van der Waals surface area contributed by atoms with Gasteiger partial charge < -0.3 is 13.9 Å². The maximum absolute atomic E-state index is 4.94. The molecule has 0 aromatic carbocycles. The van der Waals surface area contributed by atoms with Crippen molar-refractivity contribution in [2.45, 2.75) is 0 Å². The molecule has 1 saturated heterocycles. The molecule has 0 radical (unpaired) electrons. The van der Waals surface area contributed by atoms with Crippen LogP contribution < -0.4 is 0 Å². The van der Waals surface area contributed by atoms with E-state index in [1.54, 1.807) is 7.11 Å². The predicted octanol–water partition coefficient (Wildman–Crippen LogP) is -1.05. The lowest BCUT2D eigenvalue weighted by Crippen LogP contribution is -2.16. The summed E-state index contributed by atoms with van der Waals surface area (Å²) in [6.45, 7) is 3.11. The smallest absolute Gasteiger partial charge is 0.145 e. The molecule has 0 aromatic rings. The fraction of sp³-hybridized carbons (Fsp3) is 1.00. The molecule has 56 valence electrons. The first-order valence-electron chi connectivity index (χ1n) is 2.97. The molecule has 9 heavy (non-hydrogen) atoms. The van der Waals surface area contributed by atoms with Gasteiger partial charge in [0.15, 0.2) is 0 Å². The van der Waals surface area contributed by atoms with E-state index in [-0.39, 0.29) is 0 Å². The minimum absolute atomic E-state index is 0.778. The van der Waals surface area contributed by atoms with E-state index in [9.17, 15) is 0 Å². The first-order valence-corrected chi connectivity index (χ1v) is 3.79. The van der Waals surface area contributed by atoms with E-state index in [4.69, 9.17) is 9.47 Å². The van der Waals surface area contributed by atoms with Crippen molar-refractivity contribution in [1.29, 1.82) is 0 Å². The Labute approximate surface area is 58.8 Å². The fourth-order valence-corrected chi connectivity index (χ4v) is 0.440. The van der Waals surface area contributed by atoms with Crippen molar-refractivity contribution in [3.8, 4) is 0 Å². The van der Waals surface area contributed by atoms with Gasteiger partial charge in [-0.25, -0.2) is 0 Å². The Kier molecular flexibility index (Phi) is 8.18. The molecule has 1 aliphatic heterocycles. The topological polar surface area (TPSA) is 27.7 Å². The van der Waals surface area contributed by atoms with E-state index in [1.165, 1.54) is 0 Å². The molecule has 1 fully saturated rings. The molecule has 0 unspecified atom stereocenters. The summed E-state index contributed by atoms with van der Waals surface area (Å²) >= 11 is 0. The first kappa shape index (κ1) is 9.10. The summed E-state index contributed by atoms with van der Waals surface area (Å²) in [6, 6.07) is 0. The Bertz CT molecular complexity index is 36.0. The largest absolute Gasteiger partial charge is 0.431 e. The van der Waals surface area contributed by atoms with E-state index in [1.807, 2.05) is 0 Å². The summed E-state index contributed by atoms with van der Waals surface area (Å²) in [5.41, 5.74) is 0. The van der Waals surface area contributed by atoms with Gasteiger partial charge in [0.2, 0.25) is 0 Å². The van der Waals surface area contributed by atoms with Gasteiger partial charge in [-0.2, -0.15) is 0 Å². The Morgan fingerprint density at radius 1 is 1.11 bits per heavy atom. The van der Waals surface area contributed by atoms with E-state index < -0.39 is 0 Å². The van der Waals surface area contributed by atoms with E-state index in [0.29, 0.717) is 0 Å². The molecule has 0 saturated carbocycles. The Morgan fingerprint density at radius 2 is 1.33 bits per heavy atom. The summed E-state index contributed by atoms with van der Waals surface area (Å²) in [4.78, 5) is 0. The molecule has 4 heteroatoms. The molecule has 0 atom stereocenters. The molecule has 1 heterocycles. The zero-order valence-electron chi connectivity index (χ0n) is 6.05. The maximum Gasteiger partial charge on any atom is 0.145 e. The van der Waals surface area contributed by atoms with Crippen LogP contribution in [0, 0.1) is 0 Å². The van der Waals surface area contributed by atoms with Crippen LogP contribution in [0.2, 0.25) is 0 Å². The van der Waals surface area contributed by atoms with Crippen molar-refractivity contribution in [3.05, 3.63) is 0 Å². The average Bonchev–Trinajstić information content (AvgIpc) is 1.93. The van der Waals surface area contributed by atoms with Crippen LogP contribution in [0.1, 0.15) is 0 Å². The van der Waals surface area contributed by atoms with Crippen molar-refractivity contribution in [2.24, 2.45) is 0 Å². The molecular weight excluding hydrogens is 136 g/mol. The Hall–Kier alpha value is 0.0969.